The van der Waals surface area contributed by atoms with Crippen LogP contribution in [0.25, 0.3) is 0 Å². The van der Waals surface area contributed by atoms with E-state index < -0.39 is 12.0 Å². The Kier molecular flexibility index (Phi) is 2.93. The molecule has 18 heavy (non-hydrogen) atoms. The van der Waals surface area contributed by atoms with Gasteiger partial charge in [-0.1, -0.05) is 0 Å². The molecule has 100 valence electrons. The van der Waals surface area contributed by atoms with Crippen molar-refractivity contribution in [3.63, 3.8) is 0 Å². The molecule has 0 saturated carbocycles. The third kappa shape index (κ3) is 2.18. The summed E-state index contributed by atoms with van der Waals surface area (Å²) in [6.45, 7) is 2.51. The quantitative estimate of drug-likeness (QED) is 0.849. The highest BCUT2D eigenvalue weighted by atomic mass is 32.1. The van der Waals surface area contributed by atoms with Crippen molar-refractivity contribution in [3.8, 4) is 0 Å². The maximum absolute atomic E-state index is 12.4. The molecule has 2 atom stereocenters. The molecule has 4 nitrogen and oxygen atoms in total. The molecule has 0 aromatic carbocycles. The van der Waals surface area contributed by atoms with Gasteiger partial charge in [-0.25, -0.2) is 0 Å². The highest BCUT2D eigenvalue weighted by molar-refractivity contribution is 7.09. The van der Waals surface area contributed by atoms with Crippen LogP contribution in [-0.4, -0.2) is 35.0 Å². The van der Waals surface area contributed by atoms with E-state index in [2.05, 4.69) is 14.7 Å². The average molecular weight is 278 g/mol. The van der Waals surface area contributed by atoms with Gasteiger partial charge in [-0.05, 0) is 25.3 Å². The Morgan fingerprint density at radius 2 is 2.17 bits per heavy atom. The second-order valence-electron chi connectivity index (χ2n) is 4.77. The molecule has 3 heterocycles. The number of hydrogen-bond acceptors (Lipinski definition) is 5. The minimum absolute atomic E-state index is 0.386. The first-order valence-electron chi connectivity index (χ1n) is 5.93. The second kappa shape index (κ2) is 4.34. The number of piperidine rings is 1. The Hall–Kier alpha value is -0.890. The number of halogens is 3. The molecule has 2 aliphatic heterocycles. The number of anilines is 1. The monoisotopic (exact) mass is 278 g/mol. The van der Waals surface area contributed by atoms with Crippen molar-refractivity contribution in [3.05, 3.63) is 5.82 Å². The van der Waals surface area contributed by atoms with E-state index in [1.54, 1.807) is 0 Å². The van der Waals surface area contributed by atoms with Gasteiger partial charge in [0.1, 0.15) is 0 Å². The van der Waals surface area contributed by atoms with Gasteiger partial charge in [0.25, 0.3) is 0 Å². The first-order valence-corrected chi connectivity index (χ1v) is 6.70. The third-order valence-electron chi connectivity index (χ3n) is 3.54. The Labute approximate surface area is 106 Å². The Morgan fingerprint density at radius 3 is 2.83 bits per heavy atom. The zero-order chi connectivity index (χ0) is 12.8. The van der Waals surface area contributed by atoms with Gasteiger partial charge in [0.05, 0.1) is 0 Å². The van der Waals surface area contributed by atoms with Crippen molar-refractivity contribution in [2.75, 3.05) is 24.5 Å². The SMILES string of the molecule is FC(F)(F)c1nsc(N2C[C@@H]3CCCN[C@@H]3C2)n1. The van der Waals surface area contributed by atoms with Gasteiger partial charge < -0.3 is 10.2 Å². The minimum atomic E-state index is -4.44. The van der Waals surface area contributed by atoms with Crippen LogP contribution >= 0.6 is 11.5 Å². The van der Waals surface area contributed by atoms with Crippen LogP contribution in [0.15, 0.2) is 0 Å². The predicted octanol–water partition coefficient (Wildman–Crippen LogP) is 1.75. The van der Waals surface area contributed by atoms with E-state index in [-0.39, 0.29) is 0 Å². The fraction of sp³-hybridized carbons (Fsp3) is 0.800. The molecular formula is C10H13F3N4S. The molecule has 0 bridgehead atoms. The summed E-state index contributed by atoms with van der Waals surface area (Å²) >= 11 is 0.836. The van der Waals surface area contributed by atoms with Crippen molar-refractivity contribution >= 4 is 16.7 Å². The fourth-order valence-electron chi connectivity index (χ4n) is 2.66. The number of alkyl halides is 3. The van der Waals surface area contributed by atoms with E-state index in [0.717, 1.165) is 44.0 Å². The number of rotatable bonds is 1. The molecule has 0 amide bonds. The lowest BCUT2D eigenvalue weighted by atomic mass is 9.94. The van der Waals surface area contributed by atoms with E-state index in [0.29, 0.717) is 17.1 Å². The van der Waals surface area contributed by atoms with Crippen molar-refractivity contribution in [1.82, 2.24) is 14.7 Å². The van der Waals surface area contributed by atoms with Gasteiger partial charge in [-0.2, -0.15) is 22.5 Å². The number of fused-ring (bicyclic) bond motifs is 1. The maximum Gasteiger partial charge on any atom is 0.452 e. The smallest absolute Gasteiger partial charge is 0.345 e. The fourth-order valence-corrected chi connectivity index (χ4v) is 3.37. The van der Waals surface area contributed by atoms with Gasteiger partial charge >= 0.3 is 6.18 Å². The molecular weight excluding hydrogens is 265 g/mol. The minimum Gasteiger partial charge on any atom is -0.345 e. The standard InChI is InChI=1S/C10H13F3N4S/c11-10(12,13)8-15-9(18-16-8)17-4-6-2-1-3-14-7(6)5-17/h6-7,14H,1-5H2/t6-,7+/m0/s1. The van der Waals surface area contributed by atoms with E-state index in [1.807, 2.05) is 4.90 Å². The molecule has 2 aliphatic rings. The van der Waals surface area contributed by atoms with Crippen LogP contribution in [0.2, 0.25) is 0 Å². The molecule has 1 N–H and O–H groups in total. The summed E-state index contributed by atoms with van der Waals surface area (Å²) in [5, 5.41) is 3.80. The van der Waals surface area contributed by atoms with Gasteiger partial charge in [-0.15, -0.1) is 0 Å². The topological polar surface area (TPSA) is 41.1 Å². The lowest BCUT2D eigenvalue weighted by molar-refractivity contribution is -0.144. The van der Waals surface area contributed by atoms with Crippen molar-refractivity contribution in [2.45, 2.75) is 25.1 Å². The molecule has 3 rings (SSSR count). The van der Waals surface area contributed by atoms with Crippen LogP contribution in [0.4, 0.5) is 18.3 Å². The number of aromatic nitrogens is 2. The summed E-state index contributed by atoms with van der Waals surface area (Å²) in [7, 11) is 0. The molecule has 2 saturated heterocycles. The summed E-state index contributed by atoms with van der Waals surface area (Å²) in [5.74, 6) is -0.498. The van der Waals surface area contributed by atoms with E-state index in [9.17, 15) is 13.2 Å². The normalized spacial score (nSPS) is 28.5. The lowest BCUT2D eigenvalue weighted by Crippen LogP contribution is -2.40. The van der Waals surface area contributed by atoms with E-state index in [1.165, 1.54) is 0 Å². The molecule has 2 fully saturated rings. The lowest BCUT2D eigenvalue weighted by Gasteiger charge is -2.24. The number of nitrogens with one attached hydrogen (secondary N) is 1. The predicted molar refractivity (Wildman–Crippen MR) is 61.6 cm³/mol. The average Bonchev–Trinajstić information content (AvgIpc) is 2.94. The second-order valence-corrected chi connectivity index (χ2v) is 5.50. The molecule has 8 heteroatoms. The van der Waals surface area contributed by atoms with Crippen LogP contribution in [0.1, 0.15) is 18.7 Å². The first kappa shape index (κ1) is 12.2. The van der Waals surface area contributed by atoms with Crippen LogP contribution in [-0.2, 0) is 6.18 Å². The summed E-state index contributed by atoms with van der Waals surface area (Å²) in [6.07, 6.45) is -2.17. The summed E-state index contributed by atoms with van der Waals surface area (Å²) in [6, 6.07) is 0.386. The molecule has 0 aliphatic carbocycles. The van der Waals surface area contributed by atoms with Crippen molar-refractivity contribution in [2.24, 2.45) is 5.92 Å². The zero-order valence-corrected chi connectivity index (χ0v) is 10.4. The third-order valence-corrected chi connectivity index (χ3v) is 4.32. The van der Waals surface area contributed by atoms with Crippen molar-refractivity contribution in [1.29, 1.82) is 0 Å². The number of hydrogen-bond donors (Lipinski definition) is 1. The Bertz CT molecular complexity index is 419. The number of nitrogens with zero attached hydrogens (tertiary/aromatic N) is 3. The molecule has 0 radical (unpaired) electrons. The van der Waals surface area contributed by atoms with Crippen LogP contribution in [0.5, 0.6) is 0 Å². The highest BCUT2D eigenvalue weighted by Crippen LogP contribution is 2.33. The molecule has 1 aromatic rings. The largest absolute Gasteiger partial charge is 0.452 e. The maximum atomic E-state index is 12.4. The van der Waals surface area contributed by atoms with Gasteiger partial charge in [-0.3, -0.25) is 0 Å². The van der Waals surface area contributed by atoms with E-state index in [4.69, 9.17) is 0 Å². The zero-order valence-electron chi connectivity index (χ0n) is 9.57. The summed E-state index contributed by atoms with van der Waals surface area (Å²) in [4.78, 5) is 5.52. The van der Waals surface area contributed by atoms with Crippen LogP contribution in [0.3, 0.4) is 0 Å². The van der Waals surface area contributed by atoms with E-state index >= 15 is 0 Å². The molecule has 0 unspecified atom stereocenters. The highest BCUT2D eigenvalue weighted by Gasteiger charge is 2.39. The van der Waals surface area contributed by atoms with Crippen LogP contribution in [0, 0.1) is 5.92 Å². The summed E-state index contributed by atoms with van der Waals surface area (Å²) in [5.41, 5.74) is 0. The summed E-state index contributed by atoms with van der Waals surface area (Å²) < 4.78 is 40.7. The van der Waals surface area contributed by atoms with Gasteiger partial charge in [0.15, 0.2) is 0 Å². The first-order chi connectivity index (χ1) is 8.54. The molecule has 0 spiro atoms. The van der Waals surface area contributed by atoms with Gasteiger partial charge in [0, 0.05) is 30.7 Å². The van der Waals surface area contributed by atoms with Crippen molar-refractivity contribution < 1.29 is 13.2 Å². The molecule has 1 aromatic heterocycles. The van der Waals surface area contributed by atoms with Gasteiger partial charge in [0.2, 0.25) is 11.0 Å². The van der Waals surface area contributed by atoms with Crippen LogP contribution < -0.4 is 10.2 Å². The Morgan fingerprint density at radius 1 is 1.33 bits per heavy atom. The Balaban J connectivity index is 1.74.